The minimum atomic E-state index is -0.649. The van der Waals surface area contributed by atoms with E-state index in [1.807, 2.05) is 18.2 Å². The lowest BCUT2D eigenvalue weighted by molar-refractivity contribution is -0.126. The molecular weight excluding hydrogens is 343 g/mol. The predicted octanol–water partition coefficient (Wildman–Crippen LogP) is 2.38. The summed E-state index contributed by atoms with van der Waals surface area (Å²) >= 11 is 7.27. The van der Waals surface area contributed by atoms with Crippen molar-refractivity contribution in [1.29, 1.82) is 0 Å². The first kappa shape index (κ1) is 15.2. The highest BCUT2D eigenvalue weighted by atomic mass is 35.5. The number of ether oxygens (including phenoxy) is 2. The standard InChI is InChI=1S/C14H14ClFN4O2S/c1-20-3-14(4-21-5-14)6-22-12-7-9(8(16)10(15)18-12)17-13(23-2)19-11(7)20/h3-6H2,1-2H3. The van der Waals surface area contributed by atoms with Gasteiger partial charge in [-0.2, -0.15) is 4.98 Å². The highest BCUT2D eigenvalue weighted by molar-refractivity contribution is 7.98. The first-order valence-electron chi connectivity index (χ1n) is 7.05. The molecule has 1 saturated heterocycles. The molecule has 0 atom stereocenters. The summed E-state index contributed by atoms with van der Waals surface area (Å²) in [6.45, 7) is 2.37. The lowest BCUT2D eigenvalue weighted by Crippen LogP contribution is -2.54. The van der Waals surface area contributed by atoms with Crippen LogP contribution in [-0.2, 0) is 4.74 Å². The van der Waals surface area contributed by atoms with E-state index in [2.05, 4.69) is 15.0 Å². The lowest BCUT2D eigenvalue weighted by Gasteiger charge is -2.44. The van der Waals surface area contributed by atoms with Gasteiger partial charge in [-0.25, -0.2) is 14.4 Å². The zero-order valence-electron chi connectivity index (χ0n) is 12.6. The van der Waals surface area contributed by atoms with E-state index in [0.29, 0.717) is 42.7 Å². The van der Waals surface area contributed by atoms with Crippen LogP contribution >= 0.6 is 23.4 Å². The minimum absolute atomic E-state index is 0.105. The SMILES string of the molecule is CSc1nc2c3c(nc(Cl)c(F)c3n1)OCC1(COC1)CN2C. The summed E-state index contributed by atoms with van der Waals surface area (Å²) in [5, 5.41) is 0.694. The van der Waals surface area contributed by atoms with Gasteiger partial charge in [-0.3, -0.25) is 0 Å². The van der Waals surface area contributed by atoms with Gasteiger partial charge in [0.15, 0.2) is 16.1 Å². The van der Waals surface area contributed by atoms with Crippen molar-refractivity contribution >= 4 is 40.1 Å². The third-order valence-electron chi connectivity index (χ3n) is 4.12. The van der Waals surface area contributed by atoms with Gasteiger partial charge in [-0.05, 0) is 6.26 Å². The molecule has 2 aliphatic heterocycles. The molecule has 0 aromatic carbocycles. The molecule has 0 saturated carbocycles. The Morgan fingerprint density at radius 1 is 1.26 bits per heavy atom. The second-order valence-corrected chi connectivity index (χ2v) is 7.05. The van der Waals surface area contributed by atoms with Crippen molar-refractivity contribution in [2.24, 2.45) is 5.41 Å². The van der Waals surface area contributed by atoms with Crippen LogP contribution in [0.2, 0.25) is 5.15 Å². The van der Waals surface area contributed by atoms with Gasteiger partial charge in [0.1, 0.15) is 23.3 Å². The maximum absolute atomic E-state index is 14.4. The van der Waals surface area contributed by atoms with Crippen LogP contribution in [0.1, 0.15) is 0 Å². The Hall–Kier alpha value is -1.38. The maximum atomic E-state index is 14.4. The Kier molecular flexibility index (Phi) is 3.51. The smallest absolute Gasteiger partial charge is 0.228 e. The summed E-state index contributed by atoms with van der Waals surface area (Å²) in [4.78, 5) is 14.8. The average molecular weight is 357 g/mol. The molecule has 2 aliphatic rings. The molecule has 1 spiro atoms. The number of nitrogens with zero attached hydrogens (tertiary/aromatic N) is 4. The van der Waals surface area contributed by atoms with E-state index in [9.17, 15) is 4.39 Å². The number of pyridine rings is 1. The van der Waals surface area contributed by atoms with Gasteiger partial charge in [0, 0.05) is 13.6 Å². The summed E-state index contributed by atoms with van der Waals surface area (Å²) < 4.78 is 25.7. The molecule has 0 amide bonds. The molecule has 2 aromatic heterocycles. The van der Waals surface area contributed by atoms with Gasteiger partial charge < -0.3 is 14.4 Å². The van der Waals surface area contributed by atoms with Gasteiger partial charge in [0.05, 0.1) is 18.6 Å². The third kappa shape index (κ3) is 2.31. The first-order valence-corrected chi connectivity index (χ1v) is 8.66. The highest BCUT2D eigenvalue weighted by Crippen LogP contribution is 2.40. The van der Waals surface area contributed by atoms with Crippen LogP contribution in [0.25, 0.3) is 10.9 Å². The number of aromatic nitrogens is 3. The van der Waals surface area contributed by atoms with Gasteiger partial charge in [0.25, 0.3) is 0 Å². The van der Waals surface area contributed by atoms with Crippen LogP contribution < -0.4 is 9.64 Å². The summed E-state index contributed by atoms with van der Waals surface area (Å²) in [5.74, 6) is 0.221. The monoisotopic (exact) mass is 356 g/mol. The second kappa shape index (κ2) is 5.32. The molecule has 6 nitrogen and oxygen atoms in total. The Bertz CT molecular complexity index is 802. The van der Waals surface area contributed by atoms with Crippen LogP contribution in [0.4, 0.5) is 10.2 Å². The summed E-state index contributed by atoms with van der Waals surface area (Å²) in [7, 11) is 1.92. The number of anilines is 1. The van der Waals surface area contributed by atoms with Crippen molar-refractivity contribution in [2.45, 2.75) is 5.16 Å². The van der Waals surface area contributed by atoms with E-state index >= 15 is 0 Å². The normalized spacial score (nSPS) is 19.2. The molecule has 4 heterocycles. The van der Waals surface area contributed by atoms with Crippen LogP contribution in [0, 0.1) is 11.2 Å². The van der Waals surface area contributed by atoms with Crippen molar-refractivity contribution in [3.8, 4) is 5.88 Å². The number of rotatable bonds is 1. The topological polar surface area (TPSA) is 60.4 Å². The summed E-state index contributed by atoms with van der Waals surface area (Å²) in [5.41, 5.74) is 0.0354. The molecule has 4 rings (SSSR count). The number of thioether (sulfide) groups is 1. The molecule has 9 heteroatoms. The van der Waals surface area contributed by atoms with Crippen LogP contribution in [0.15, 0.2) is 5.16 Å². The Morgan fingerprint density at radius 2 is 2.04 bits per heavy atom. The van der Waals surface area contributed by atoms with Crippen LogP contribution in [-0.4, -0.2) is 54.6 Å². The molecule has 0 aliphatic carbocycles. The van der Waals surface area contributed by atoms with E-state index < -0.39 is 5.82 Å². The van der Waals surface area contributed by atoms with Gasteiger partial charge in [-0.1, -0.05) is 23.4 Å². The molecular formula is C14H14ClFN4O2S. The van der Waals surface area contributed by atoms with E-state index in [-0.39, 0.29) is 22.0 Å². The first-order chi connectivity index (χ1) is 11.0. The highest BCUT2D eigenvalue weighted by Gasteiger charge is 2.43. The van der Waals surface area contributed by atoms with E-state index in [1.54, 1.807) is 0 Å². The van der Waals surface area contributed by atoms with Crippen LogP contribution in [0.3, 0.4) is 0 Å². The zero-order valence-corrected chi connectivity index (χ0v) is 14.2. The van der Waals surface area contributed by atoms with E-state index in [4.69, 9.17) is 21.1 Å². The van der Waals surface area contributed by atoms with Gasteiger partial charge in [-0.15, -0.1) is 0 Å². The molecule has 23 heavy (non-hydrogen) atoms. The Morgan fingerprint density at radius 3 is 2.70 bits per heavy atom. The quantitative estimate of drug-likeness (QED) is 0.441. The van der Waals surface area contributed by atoms with E-state index in [0.717, 1.165) is 0 Å². The minimum Gasteiger partial charge on any atom is -0.476 e. The van der Waals surface area contributed by atoms with Crippen molar-refractivity contribution in [2.75, 3.05) is 44.6 Å². The molecule has 0 radical (unpaired) electrons. The zero-order chi connectivity index (χ0) is 16.2. The maximum Gasteiger partial charge on any atom is 0.228 e. The summed E-state index contributed by atoms with van der Waals surface area (Å²) in [6, 6.07) is 0. The molecule has 0 unspecified atom stereocenters. The summed E-state index contributed by atoms with van der Waals surface area (Å²) in [6.07, 6.45) is 1.84. The third-order valence-corrected chi connectivity index (χ3v) is 4.92. The van der Waals surface area contributed by atoms with Crippen molar-refractivity contribution < 1.29 is 13.9 Å². The van der Waals surface area contributed by atoms with Gasteiger partial charge in [0.2, 0.25) is 5.88 Å². The Labute approximate surface area is 141 Å². The van der Waals surface area contributed by atoms with Crippen molar-refractivity contribution in [1.82, 2.24) is 15.0 Å². The fraction of sp³-hybridized carbons (Fsp3) is 0.500. The molecule has 122 valence electrons. The molecule has 0 bridgehead atoms. The van der Waals surface area contributed by atoms with Gasteiger partial charge >= 0.3 is 0 Å². The Balaban J connectivity index is 1.98. The van der Waals surface area contributed by atoms with Crippen molar-refractivity contribution in [3.05, 3.63) is 11.0 Å². The fourth-order valence-electron chi connectivity index (χ4n) is 2.96. The predicted molar refractivity (Wildman–Crippen MR) is 86.1 cm³/mol. The fourth-order valence-corrected chi connectivity index (χ4v) is 3.49. The lowest BCUT2D eigenvalue weighted by atomic mass is 9.86. The average Bonchev–Trinajstić information content (AvgIpc) is 2.51. The van der Waals surface area contributed by atoms with Crippen LogP contribution in [0.5, 0.6) is 5.88 Å². The second-order valence-electron chi connectivity index (χ2n) is 5.92. The number of halogens is 2. The molecule has 0 N–H and O–H groups in total. The molecule has 1 fully saturated rings. The van der Waals surface area contributed by atoms with Crippen molar-refractivity contribution in [3.63, 3.8) is 0 Å². The number of hydrogen-bond donors (Lipinski definition) is 0. The largest absolute Gasteiger partial charge is 0.476 e. The van der Waals surface area contributed by atoms with E-state index in [1.165, 1.54) is 11.8 Å². The number of hydrogen-bond acceptors (Lipinski definition) is 7. The molecule has 2 aromatic rings.